The maximum absolute atomic E-state index is 11.4. The normalized spacial score (nSPS) is 14.7. The van der Waals surface area contributed by atoms with Crippen molar-refractivity contribution >= 4 is 17.8 Å². The minimum Gasteiger partial charge on any atom is -0.330 e. The van der Waals surface area contributed by atoms with Crippen molar-refractivity contribution < 1.29 is 19.2 Å². The second-order valence-corrected chi connectivity index (χ2v) is 4.16. The van der Waals surface area contributed by atoms with Crippen molar-refractivity contribution in [2.24, 2.45) is 0 Å². The van der Waals surface area contributed by atoms with Gasteiger partial charge in [-0.1, -0.05) is 12.8 Å². The topological polar surface area (TPSA) is 63.7 Å². The number of hydroxylamine groups is 2. The SMILES string of the molecule is C#CCCCCCCC(=O)ON1C(=O)CCC1=O. The molecule has 0 aromatic heterocycles. The molecule has 0 N–H and O–H groups in total. The van der Waals surface area contributed by atoms with Gasteiger partial charge < -0.3 is 4.84 Å². The fraction of sp³-hybridized carbons (Fsp3) is 0.615. The third-order valence-electron chi connectivity index (χ3n) is 2.65. The number of rotatable bonds is 7. The molecule has 5 heteroatoms. The fourth-order valence-corrected chi connectivity index (χ4v) is 1.66. The molecule has 0 aromatic rings. The summed E-state index contributed by atoms with van der Waals surface area (Å²) in [5.41, 5.74) is 0. The average Bonchev–Trinajstić information content (AvgIpc) is 2.65. The van der Waals surface area contributed by atoms with Crippen molar-refractivity contribution in [3.63, 3.8) is 0 Å². The molecular formula is C13H17NO4. The molecule has 0 radical (unpaired) electrons. The Balaban J connectivity index is 2.12. The lowest BCUT2D eigenvalue weighted by Gasteiger charge is -2.12. The summed E-state index contributed by atoms with van der Waals surface area (Å²) in [6.45, 7) is 0. The highest BCUT2D eigenvalue weighted by atomic mass is 16.7. The van der Waals surface area contributed by atoms with E-state index in [0.717, 1.165) is 25.7 Å². The van der Waals surface area contributed by atoms with Crippen molar-refractivity contribution in [2.75, 3.05) is 0 Å². The van der Waals surface area contributed by atoms with Crippen molar-refractivity contribution in [2.45, 2.75) is 51.4 Å². The van der Waals surface area contributed by atoms with E-state index in [2.05, 4.69) is 5.92 Å². The van der Waals surface area contributed by atoms with Crippen LogP contribution in [-0.4, -0.2) is 22.8 Å². The number of imide groups is 1. The van der Waals surface area contributed by atoms with Gasteiger partial charge in [-0.05, 0) is 12.8 Å². The van der Waals surface area contributed by atoms with Crippen LogP contribution < -0.4 is 0 Å². The molecular weight excluding hydrogens is 234 g/mol. The maximum Gasteiger partial charge on any atom is 0.333 e. The second kappa shape index (κ2) is 7.49. The van der Waals surface area contributed by atoms with Crippen molar-refractivity contribution in [3.8, 4) is 12.3 Å². The van der Waals surface area contributed by atoms with E-state index in [4.69, 9.17) is 11.3 Å². The molecule has 1 fully saturated rings. The third kappa shape index (κ3) is 4.58. The Morgan fingerprint density at radius 3 is 2.39 bits per heavy atom. The maximum atomic E-state index is 11.4. The first-order valence-electron chi connectivity index (χ1n) is 6.15. The van der Waals surface area contributed by atoms with E-state index in [-0.39, 0.29) is 19.3 Å². The van der Waals surface area contributed by atoms with E-state index >= 15 is 0 Å². The monoisotopic (exact) mass is 251 g/mol. The third-order valence-corrected chi connectivity index (χ3v) is 2.65. The van der Waals surface area contributed by atoms with Gasteiger partial charge >= 0.3 is 5.97 Å². The Morgan fingerprint density at radius 1 is 1.17 bits per heavy atom. The van der Waals surface area contributed by atoms with Gasteiger partial charge in [0, 0.05) is 25.7 Å². The summed E-state index contributed by atoms with van der Waals surface area (Å²) in [6.07, 6.45) is 9.82. The summed E-state index contributed by atoms with van der Waals surface area (Å²) < 4.78 is 0. The number of carbonyl (C=O) groups is 3. The molecule has 1 rings (SSSR count). The summed E-state index contributed by atoms with van der Waals surface area (Å²) in [5.74, 6) is 1.14. The highest BCUT2D eigenvalue weighted by Crippen LogP contribution is 2.13. The summed E-state index contributed by atoms with van der Waals surface area (Å²) in [4.78, 5) is 38.5. The van der Waals surface area contributed by atoms with E-state index in [1.54, 1.807) is 0 Å². The quantitative estimate of drug-likeness (QED) is 0.391. The number of terminal acetylenes is 1. The van der Waals surface area contributed by atoms with Gasteiger partial charge in [-0.25, -0.2) is 4.79 Å². The second-order valence-electron chi connectivity index (χ2n) is 4.16. The number of unbranched alkanes of at least 4 members (excludes halogenated alkanes) is 4. The van der Waals surface area contributed by atoms with Crippen LogP contribution in [0.3, 0.4) is 0 Å². The van der Waals surface area contributed by atoms with Gasteiger partial charge in [0.1, 0.15) is 0 Å². The Morgan fingerprint density at radius 2 is 1.78 bits per heavy atom. The lowest BCUT2D eigenvalue weighted by atomic mass is 10.1. The van der Waals surface area contributed by atoms with E-state index < -0.39 is 17.8 Å². The van der Waals surface area contributed by atoms with Gasteiger partial charge in [-0.2, -0.15) is 0 Å². The predicted octanol–water partition coefficient (Wildman–Crippen LogP) is 1.57. The smallest absolute Gasteiger partial charge is 0.330 e. The molecule has 1 aliphatic rings. The van der Waals surface area contributed by atoms with Gasteiger partial charge in [-0.15, -0.1) is 17.4 Å². The number of amides is 2. The van der Waals surface area contributed by atoms with Gasteiger partial charge in [0.15, 0.2) is 0 Å². The number of hydrogen-bond donors (Lipinski definition) is 0. The molecule has 18 heavy (non-hydrogen) atoms. The summed E-state index contributed by atoms with van der Waals surface area (Å²) in [7, 11) is 0. The first-order valence-corrected chi connectivity index (χ1v) is 6.15. The summed E-state index contributed by atoms with van der Waals surface area (Å²) in [6, 6.07) is 0. The zero-order chi connectivity index (χ0) is 13.4. The largest absolute Gasteiger partial charge is 0.333 e. The molecule has 0 atom stereocenters. The van der Waals surface area contributed by atoms with Crippen LogP contribution in [0.15, 0.2) is 0 Å². The Kier molecular flexibility index (Phi) is 5.92. The van der Waals surface area contributed by atoms with Crippen molar-refractivity contribution in [3.05, 3.63) is 0 Å². The van der Waals surface area contributed by atoms with Crippen LogP contribution in [0.2, 0.25) is 0 Å². The molecule has 0 unspecified atom stereocenters. The fourth-order valence-electron chi connectivity index (χ4n) is 1.66. The van der Waals surface area contributed by atoms with Crippen molar-refractivity contribution in [1.29, 1.82) is 0 Å². The Labute approximate surface area is 106 Å². The summed E-state index contributed by atoms with van der Waals surface area (Å²) >= 11 is 0. The van der Waals surface area contributed by atoms with Crippen LogP contribution in [0.4, 0.5) is 0 Å². The number of hydrogen-bond acceptors (Lipinski definition) is 4. The van der Waals surface area contributed by atoms with Gasteiger partial charge in [0.2, 0.25) is 0 Å². The van der Waals surface area contributed by atoms with E-state index in [9.17, 15) is 14.4 Å². The Bertz CT molecular complexity index is 354. The van der Waals surface area contributed by atoms with Crippen LogP contribution in [-0.2, 0) is 19.2 Å². The van der Waals surface area contributed by atoms with Gasteiger partial charge in [0.25, 0.3) is 11.8 Å². The van der Waals surface area contributed by atoms with E-state index in [1.165, 1.54) is 0 Å². The molecule has 0 aliphatic carbocycles. The van der Waals surface area contributed by atoms with E-state index in [0.29, 0.717) is 11.5 Å². The lowest BCUT2D eigenvalue weighted by Crippen LogP contribution is -2.31. The van der Waals surface area contributed by atoms with E-state index in [1.807, 2.05) is 0 Å². The molecule has 0 bridgehead atoms. The van der Waals surface area contributed by atoms with Gasteiger partial charge in [-0.3, -0.25) is 9.59 Å². The number of carbonyl (C=O) groups excluding carboxylic acids is 3. The predicted molar refractivity (Wildman–Crippen MR) is 63.7 cm³/mol. The molecule has 1 saturated heterocycles. The standard InChI is InChI=1S/C13H17NO4/c1-2-3-4-5-6-7-8-13(17)18-14-11(15)9-10-12(14)16/h1H,3-10H2. The highest BCUT2D eigenvalue weighted by molar-refractivity contribution is 6.01. The molecule has 5 nitrogen and oxygen atoms in total. The molecule has 2 amide bonds. The summed E-state index contributed by atoms with van der Waals surface area (Å²) in [5, 5.41) is 0.584. The van der Waals surface area contributed by atoms with Gasteiger partial charge in [0.05, 0.1) is 0 Å². The first-order chi connectivity index (χ1) is 8.65. The van der Waals surface area contributed by atoms with Crippen LogP contribution in [0.1, 0.15) is 51.4 Å². The van der Waals surface area contributed by atoms with Crippen LogP contribution >= 0.6 is 0 Å². The van der Waals surface area contributed by atoms with Crippen LogP contribution in [0, 0.1) is 12.3 Å². The highest BCUT2D eigenvalue weighted by Gasteiger charge is 2.32. The Hall–Kier alpha value is -1.83. The zero-order valence-electron chi connectivity index (χ0n) is 10.3. The minimum atomic E-state index is -0.532. The number of nitrogens with zero attached hydrogens (tertiary/aromatic N) is 1. The van der Waals surface area contributed by atoms with Crippen molar-refractivity contribution in [1.82, 2.24) is 5.06 Å². The lowest BCUT2D eigenvalue weighted by molar-refractivity contribution is -0.197. The average molecular weight is 251 g/mol. The molecule has 98 valence electrons. The first kappa shape index (κ1) is 14.2. The molecule has 0 aromatic carbocycles. The zero-order valence-corrected chi connectivity index (χ0v) is 10.3. The minimum absolute atomic E-state index is 0.123. The van der Waals surface area contributed by atoms with Crippen LogP contribution in [0.5, 0.6) is 0 Å². The van der Waals surface area contributed by atoms with Crippen LogP contribution in [0.25, 0.3) is 0 Å². The molecule has 1 heterocycles. The molecule has 0 saturated carbocycles. The molecule has 0 spiro atoms. The molecule has 1 aliphatic heterocycles.